The molecule has 0 unspecified atom stereocenters. The van der Waals surface area contributed by atoms with Gasteiger partial charge in [-0.25, -0.2) is 4.98 Å². The normalized spacial score (nSPS) is 28.1. The van der Waals surface area contributed by atoms with E-state index in [1.54, 1.807) is 0 Å². The molecule has 2 saturated carbocycles. The van der Waals surface area contributed by atoms with E-state index >= 15 is 0 Å². The number of aromatic nitrogens is 2. The van der Waals surface area contributed by atoms with Crippen LogP contribution in [0.15, 0.2) is 12.5 Å². The highest BCUT2D eigenvalue weighted by molar-refractivity contribution is 5.09. The fourth-order valence-electron chi connectivity index (χ4n) is 3.08. The summed E-state index contributed by atoms with van der Waals surface area (Å²) in [5.74, 6) is 0.590. The Morgan fingerprint density at radius 1 is 1.29 bits per heavy atom. The van der Waals surface area contributed by atoms with Crippen LogP contribution in [0.5, 0.6) is 0 Å². The van der Waals surface area contributed by atoms with Crippen molar-refractivity contribution < 1.29 is 5.11 Å². The maximum Gasteiger partial charge on any atom is 0.0951 e. The third kappa shape index (κ3) is 1.70. The SMILES string of the molecule is OC1(C2CC2)CN(Cc2cncn2C2CC2)C1. The molecular formula is C13H19N3O. The summed E-state index contributed by atoms with van der Waals surface area (Å²) in [6.45, 7) is 2.66. The number of hydrogen-bond acceptors (Lipinski definition) is 3. The summed E-state index contributed by atoms with van der Waals surface area (Å²) in [6, 6.07) is 0.705. The summed E-state index contributed by atoms with van der Waals surface area (Å²) in [5, 5.41) is 10.3. The Morgan fingerprint density at radius 2 is 2.06 bits per heavy atom. The Balaban J connectivity index is 1.40. The van der Waals surface area contributed by atoms with E-state index in [1.165, 1.54) is 31.4 Å². The van der Waals surface area contributed by atoms with Gasteiger partial charge in [-0.1, -0.05) is 0 Å². The zero-order valence-corrected chi connectivity index (χ0v) is 10.0. The second-order valence-electron chi connectivity index (χ2n) is 6.05. The van der Waals surface area contributed by atoms with E-state index in [-0.39, 0.29) is 5.60 Å². The zero-order valence-electron chi connectivity index (χ0n) is 10.0. The van der Waals surface area contributed by atoms with Crippen molar-refractivity contribution in [1.29, 1.82) is 0 Å². The molecule has 0 radical (unpaired) electrons. The highest BCUT2D eigenvalue weighted by Gasteiger charge is 2.51. The minimum Gasteiger partial charge on any atom is -0.387 e. The number of aliphatic hydroxyl groups is 1. The predicted octanol–water partition coefficient (Wildman–Crippen LogP) is 1.17. The van der Waals surface area contributed by atoms with Crippen molar-refractivity contribution in [2.75, 3.05) is 13.1 Å². The quantitative estimate of drug-likeness (QED) is 0.849. The number of imidazole rings is 1. The molecule has 1 aromatic heterocycles. The molecular weight excluding hydrogens is 214 g/mol. The van der Waals surface area contributed by atoms with Crippen LogP contribution < -0.4 is 0 Å². The van der Waals surface area contributed by atoms with Crippen LogP contribution in [0.2, 0.25) is 0 Å². The molecule has 0 spiro atoms. The smallest absolute Gasteiger partial charge is 0.0951 e. The highest BCUT2D eigenvalue weighted by Crippen LogP contribution is 2.45. The Hall–Kier alpha value is -0.870. The van der Waals surface area contributed by atoms with Crippen LogP contribution in [-0.4, -0.2) is 38.2 Å². The zero-order chi connectivity index (χ0) is 11.5. The van der Waals surface area contributed by atoms with Crippen molar-refractivity contribution in [3.8, 4) is 0 Å². The van der Waals surface area contributed by atoms with Crippen molar-refractivity contribution in [2.24, 2.45) is 5.92 Å². The lowest BCUT2D eigenvalue weighted by Gasteiger charge is -2.47. The molecule has 0 aromatic carbocycles. The van der Waals surface area contributed by atoms with Gasteiger partial charge in [-0.05, 0) is 31.6 Å². The fourth-order valence-corrected chi connectivity index (χ4v) is 3.08. The Kier molecular flexibility index (Phi) is 1.97. The molecule has 2 aliphatic carbocycles. The van der Waals surface area contributed by atoms with Gasteiger partial charge in [0, 0.05) is 31.9 Å². The van der Waals surface area contributed by atoms with E-state index in [9.17, 15) is 5.11 Å². The summed E-state index contributed by atoms with van der Waals surface area (Å²) < 4.78 is 2.31. The number of rotatable bonds is 4. The summed E-state index contributed by atoms with van der Waals surface area (Å²) in [4.78, 5) is 6.59. The number of β-amino-alcohol motifs (C(OH)–C–C–N with tert-alkyl or cyclic N) is 1. The summed E-state index contributed by atoms with van der Waals surface area (Å²) in [6.07, 6.45) is 8.99. The average molecular weight is 233 g/mol. The molecule has 92 valence electrons. The Labute approximate surface area is 101 Å². The molecule has 1 N–H and O–H groups in total. The predicted molar refractivity (Wildman–Crippen MR) is 63.4 cm³/mol. The van der Waals surface area contributed by atoms with Crippen LogP contribution in [0, 0.1) is 5.92 Å². The van der Waals surface area contributed by atoms with Crippen molar-refractivity contribution in [1.82, 2.24) is 14.5 Å². The first-order chi connectivity index (χ1) is 8.24. The van der Waals surface area contributed by atoms with E-state index in [4.69, 9.17) is 0 Å². The highest BCUT2D eigenvalue weighted by atomic mass is 16.3. The maximum absolute atomic E-state index is 10.3. The molecule has 1 aliphatic heterocycles. The molecule has 0 atom stereocenters. The van der Waals surface area contributed by atoms with E-state index in [2.05, 4.69) is 14.5 Å². The van der Waals surface area contributed by atoms with Crippen LogP contribution >= 0.6 is 0 Å². The third-order valence-electron chi connectivity index (χ3n) is 4.40. The third-order valence-corrected chi connectivity index (χ3v) is 4.40. The molecule has 0 bridgehead atoms. The van der Waals surface area contributed by atoms with E-state index in [0.717, 1.165) is 19.6 Å². The van der Waals surface area contributed by atoms with Crippen molar-refractivity contribution in [3.05, 3.63) is 18.2 Å². The molecule has 4 rings (SSSR count). The van der Waals surface area contributed by atoms with E-state index < -0.39 is 0 Å². The molecule has 17 heavy (non-hydrogen) atoms. The van der Waals surface area contributed by atoms with Gasteiger partial charge in [0.2, 0.25) is 0 Å². The Morgan fingerprint density at radius 3 is 2.71 bits per heavy atom. The van der Waals surface area contributed by atoms with Crippen molar-refractivity contribution in [2.45, 2.75) is 43.9 Å². The minimum absolute atomic E-state index is 0.357. The Bertz CT molecular complexity index is 428. The van der Waals surface area contributed by atoms with Gasteiger partial charge in [-0.15, -0.1) is 0 Å². The lowest BCUT2D eigenvalue weighted by Crippen LogP contribution is -2.62. The summed E-state index contributed by atoms with van der Waals surface area (Å²) in [7, 11) is 0. The second-order valence-corrected chi connectivity index (χ2v) is 6.05. The van der Waals surface area contributed by atoms with Crippen LogP contribution in [-0.2, 0) is 6.54 Å². The van der Waals surface area contributed by atoms with Crippen molar-refractivity contribution >= 4 is 0 Å². The van der Waals surface area contributed by atoms with Gasteiger partial charge in [-0.2, -0.15) is 0 Å². The molecule has 3 aliphatic rings. The molecule has 4 nitrogen and oxygen atoms in total. The van der Waals surface area contributed by atoms with Gasteiger partial charge >= 0.3 is 0 Å². The number of nitrogens with zero attached hydrogens (tertiary/aromatic N) is 3. The first-order valence-corrected chi connectivity index (χ1v) is 6.70. The minimum atomic E-state index is -0.357. The first kappa shape index (κ1) is 10.1. The topological polar surface area (TPSA) is 41.3 Å². The van der Waals surface area contributed by atoms with Crippen LogP contribution in [0.25, 0.3) is 0 Å². The lowest BCUT2D eigenvalue weighted by atomic mass is 9.89. The lowest BCUT2D eigenvalue weighted by molar-refractivity contribution is -0.117. The maximum atomic E-state index is 10.3. The summed E-state index contributed by atoms with van der Waals surface area (Å²) >= 11 is 0. The standard InChI is InChI=1S/C13H19N3O/c17-13(10-1-2-10)7-15(8-13)6-12-5-14-9-16(12)11-3-4-11/h5,9-11,17H,1-4,6-8H2. The largest absolute Gasteiger partial charge is 0.387 e. The van der Waals surface area contributed by atoms with Crippen molar-refractivity contribution in [3.63, 3.8) is 0 Å². The molecule has 1 aromatic rings. The van der Waals surface area contributed by atoms with Gasteiger partial charge in [0.25, 0.3) is 0 Å². The first-order valence-electron chi connectivity index (χ1n) is 6.70. The molecule has 0 amide bonds. The average Bonchev–Trinajstić information content (AvgIpc) is 3.15. The second kappa shape index (κ2) is 3.33. The van der Waals surface area contributed by atoms with Crippen LogP contribution in [0.1, 0.15) is 37.4 Å². The molecule has 3 fully saturated rings. The summed E-state index contributed by atoms with van der Waals surface area (Å²) in [5.41, 5.74) is 0.954. The van der Waals surface area contributed by atoms with Gasteiger partial charge in [0.15, 0.2) is 0 Å². The van der Waals surface area contributed by atoms with Gasteiger partial charge in [-0.3, -0.25) is 4.90 Å². The van der Waals surface area contributed by atoms with E-state index in [0.29, 0.717) is 12.0 Å². The van der Waals surface area contributed by atoms with Gasteiger partial charge in [0.1, 0.15) is 0 Å². The number of likely N-dealkylation sites (tertiary alicyclic amines) is 1. The van der Waals surface area contributed by atoms with Gasteiger partial charge < -0.3 is 9.67 Å². The van der Waals surface area contributed by atoms with E-state index in [1.807, 2.05) is 12.5 Å². The molecule has 4 heteroatoms. The number of hydrogen-bond donors (Lipinski definition) is 1. The monoisotopic (exact) mass is 233 g/mol. The van der Waals surface area contributed by atoms with Crippen LogP contribution in [0.3, 0.4) is 0 Å². The molecule has 1 saturated heterocycles. The van der Waals surface area contributed by atoms with Crippen LogP contribution in [0.4, 0.5) is 0 Å². The van der Waals surface area contributed by atoms with Gasteiger partial charge in [0.05, 0.1) is 17.6 Å². The fraction of sp³-hybridized carbons (Fsp3) is 0.769. The molecule has 2 heterocycles.